The first-order valence-corrected chi connectivity index (χ1v) is 7.53. The number of rotatable bonds is 3. The van der Waals surface area contributed by atoms with Crippen LogP contribution >= 0.6 is 23.2 Å². The minimum atomic E-state index is -1.20. The van der Waals surface area contributed by atoms with Crippen LogP contribution in [0, 0.1) is 0 Å². The molecule has 1 aliphatic rings. The molecule has 5 nitrogen and oxygen atoms in total. The molecule has 0 bridgehead atoms. The topological polar surface area (TPSA) is 78.4 Å². The SMILES string of the molecule is O=C(Nc1c(Cl)cc(Cl)cc1C(=O)O)NC1CCCCC1. The van der Waals surface area contributed by atoms with E-state index >= 15 is 0 Å². The minimum Gasteiger partial charge on any atom is -0.478 e. The van der Waals surface area contributed by atoms with Crippen molar-refractivity contribution >= 4 is 40.9 Å². The molecule has 0 aliphatic heterocycles. The number of carboxylic acid groups (broad SMARTS) is 1. The first-order chi connectivity index (χ1) is 9.97. The lowest BCUT2D eigenvalue weighted by atomic mass is 9.96. The number of benzene rings is 1. The predicted molar refractivity (Wildman–Crippen MR) is 82.4 cm³/mol. The largest absolute Gasteiger partial charge is 0.478 e. The van der Waals surface area contributed by atoms with Crippen molar-refractivity contribution in [3.05, 3.63) is 27.7 Å². The Kier molecular flexibility index (Phi) is 5.31. The van der Waals surface area contributed by atoms with Gasteiger partial charge in [-0.3, -0.25) is 0 Å². The summed E-state index contributed by atoms with van der Waals surface area (Å²) in [5.74, 6) is -1.20. The number of nitrogens with one attached hydrogen (secondary N) is 2. The molecule has 0 spiro atoms. The Hall–Kier alpha value is -1.46. The molecule has 0 atom stereocenters. The fourth-order valence-corrected chi connectivity index (χ4v) is 2.99. The van der Waals surface area contributed by atoms with E-state index in [1.807, 2.05) is 0 Å². The normalized spacial score (nSPS) is 15.5. The molecule has 3 N–H and O–H groups in total. The van der Waals surface area contributed by atoms with Crippen LogP contribution in [0.5, 0.6) is 0 Å². The summed E-state index contributed by atoms with van der Waals surface area (Å²) in [6.07, 6.45) is 5.24. The van der Waals surface area contributed by atoms with E-state index in [0.29, 0.717) is 0 Å². The molecule has 114 valence electrons. The van der Waals surface area contributed by atoms with E-state index in [9.17, 15) is 9.59 Å². The third kappa shape index (κ3) is 4.25. The fourth-order valence-electron chi connectivity index (χ4n) is 2.45. The van der Waals surface area contributed by atoms with Gasteiger partial charge in [0.1, 0.15) is 0 Å². The Morgan fingerprint density at radius 1 is 1.14 bits per heavy atom. The molecule has 1 saturated carbocycles. The van der Waals surface area contributed by atoms with E-state index in [4.69, 9.17) is 28.3 Å². The molecule has 7 heteroatoms. The summed E-state index contributed by atoms with van der Waals surface area (Å²) in [5, 5.41) is 14.8. The van der Waals surface area contributed by atoms with Gasteiger partial charge in [0.25, 0.3) is 0 Å². The van der Waals surface area contributed by atoms with Gasteiger partial charge >= 0.3 is 12.0 Å². The molecule has 0 saturated heterocycles. The summed E-state index contributed by atoms with van der Waals surface area (Å²) in [6, 6.07) is 2.32. The Morgan fingerprint density at radius 2 is 1.81 bits per heavy atom. The van der Waals surface area contributed by atoms with Gasteiger partial charge in [0, 0.05) is 11.1 Å². The Morgan fingerprint density at radius 3 is 2.43 bits per heavy atom. The summed E-state index contributed by atoms with van der Waals surface area (Å²) < 4.78 is 0. The molecule has 2 rings (SSSR count). The van der Waals surface area contributed by atoms with Crippen molar-refractivity contribution in [1.82, 2.24) is 5.32 Å². The zero-order valence-electron chi connectivity index (χ0n) is 11.3. The van der Waals surface area contributed by atoms with Gasteiger partial charge in [-0.05, 0) is 25.0 Å². The molecular formula is C14H16Cl2N2O3. The average Bonchev–Trinajstić information content (AvgIpc) is 2.42. The van der Waals surface area contributed by atoms with E-state index < -0.39 is 12.0 Å². The van der Waals surface area contributed by atoms with Gasteiger partial charge in [-0.15, -0.1) is 0 Å². The molecule has 0 radical (unpaired) electrons. The average molecular weight is 331 g/mol. The number of hydrogen-bond acceptors (Lipinski definition) is 2. The first kappa shape index (κ1) is 15.9. The van der Waals surface area contributed by atoms with Crippen LogP contribution in [0.4, 0.5) is 10.5 Å². The highest BCUT2D eigenvalue weighted by molar-refractivity contribution is 6.37. The van der Waals surface area contributed by atoms with Crippen LogP contribution in [-0.4, -0.2) is 23.1 Å². The van der Waals surface area contributed by atoms with Crippen LogP contribution in [-0.2, 0) is 0 Å². The Balaban J connectivity index is 2.11. The maximum atomic E-state index is 12.0. The third-order valence-electron chi connectivity index (χ3n) is 3.46. The zero-order chi connectivity index (χ0) is 15.4. The molecule has 1 aromatic carbocycles. The van der Waals surface area contributed by atoms with Crippen molar-refractivity contribution in [3.63, 3.8) is 0 Å². The van der Waals surface area contributed by atoms with Crippen LogP contribution in [0.2, 0.25) is 10.0 Å². The van der Waals surface area contributed by atoms with Crippen molar-refractivity contribution in [2.75, 3.05) is 5.32 Å². The van der Waals surface area contributed by atoms with E-state index in [2.05, 4.69) is 10.6 Å². The van der Waals surface area contributed by atoms with Crippen LogP contribution in [0.15, 0.2) is 12.1 Å². The predicted octanol–water partition coefficient (Wildman–Crippen LogP) is 4.15. The van der Waals surface area contributed by atoms with E-state index in [1.165, 1.54) is 18.6 Å². The summed E-state index contributed by atoms with van der Waals surface area (Å²) in [4.78, 5) is 23.2. The van der Waals surface area contributed by atoms with Crippen LogP contribution in [0.1, 0.15) is 42.5 Å². The smallest absolute Gasteiger partial charge is 0.337 e. The number of halogens is 2. The number of carbonyl (C=O) groups excluding carboxylic acids is 1. The number of carboxylic acids is 1. The van der Waals surface area contributed by atoms with E-state index in [1.54, 1.807) is 0 Å². The second kappa shape index (κ2) is 7.00. The lowest BCUT2D eigenvalue weighted by Gasteiger charge is -2.23. The number of amides is 2. The van der Waals surface area contributed by atoms with Crippen molar-refractivity contribution in [2.45, 2.75) is 38.1 Å². The lowest BCUT2D eigenvalue weighted by Crippen LogP contribution is -2.39. The number of urea groups is 1. The molecule has 0 aromatic heterocycles. The van der Waals surface area contributed by atoms with Crippen LogP contribution in [0.3, 0.4) is 0 Å². The van der Waals surface area contributed by atoms with Gasteiger partial charge in [0.15, 0.2) is 0 Å². The van der Waals surface area contributed by atoms with Crippen LogP contribution < -0.4 is 10.6 Å². The summed E-state index contributed by atoms with van der Waals surface area (Å²) in [6.45, 7) is 0. The molecule has 0 unspecified atom stereocenters. The van der Waals surface area contributed by atoms with Gasteiger partial charge in [-0.1, -0.05) is 42.5 Å². The maximum Gasteiger partial charge on any atom is 0.337 e. The van der Waals surface area contributed by atoms with E-state index in [-0.39, 0.29) is 27.3 Å². The Bertz CT molecular complexity index is 557. The second-order valence-corrected chi connectivity index (χ2v) is 5.89. The highest BCUT2D eigenvalue weighted by Gasteiger charge is 2.20. The number of aromatic carboxylic acids is 1. The lowest BCUT2D eigenvalue weighted by molar-refractivity contribution is 0.0698. The zero-order valence-corrected chi connectivity index (χ0v) is 12.8. The van der Waals surface area contributed by atoms with Gasteiger partial charge in [0.05, 0.1) is 16.3 Å². The van der Waals surface area contributed by atoms with Crippen molar-refractivity contribution < 1.29 is 14.7 Å². The second-order valence-electron chi connectivity index (χ2n) is 5.05. The van der Waals surface area contributed by atoms with E-state index in [0.717, 1.165) is 25.7 Å². The molecule has 1 aromatic rings. The van der Waals surface area contributed by atoms with Gasteiger partial charge < -0.3 is 15.7 Å². The van der Waals surface area contributed by atoms with Gasteiger partial charge in [0.2, 0.25) is 0 Å². The summed E-state index contributed by atoms with van der Waals surface area (Å²) in [5.41, 5.74) is -0.0758. The molecule has 0 heterocycles. The van der Waals surface area contributed by atoms with Crippen LogP contribution in [0.25, 0.3) is 0 Å². The number of carbonyl (C=O) groups is 2. The van der Waals surface area contributed by atoms with Crippen molar-refractivity contribution in [3.8, 4) is 0 Å². The molecular weight excluding hydrogens is 315 g/mol. The Labute approximate surface area is 132 Å². The highest BCUT2D eigenvalue weighted by Crippen LogP contribution is 2.30. The maximum absolute atomic E-state index is 12.0. The standard InChI is InChI=1S/C14H16Cl2N2O3/c15-8-6-10(13(19)20)12(11(16)7-8)18-14(21)17-9-4-2-1-3-5-9/h6-7,9H,1-5H2,(H,19,20)(H2,17,18,21). The first-order valence-electron chi connectivity index (χ1n) is 6.77. The van der Waals surface area contributed by atoms with Gasteiger partial charge in [-0.25, -0.2) is 9.59 Å². The molecule has 1 aliphatic carbocycles. The molecule has 1 fully saturated rings. The number of hydrogen-bond donors (Lipinski definition) is 3. The van der Waals surface area contributed by atoms with Gasteiger partial charge in [-0.2, -0.15) is 0 Å². The van der Waals surface area contributed by atoms with Crippen molar-refractivity contribution in [1.29, 1.82) is 0 Å². The fraction of sp³-hybridized carbons (Fsp3) is 0.429. The summed E-state index contributed by atoms with van der Waals surface area (Å²) >= 11 is 11.8. The monoisotopic (exact) mass is 330 g/mol. The quantitative estimate of drug-likeness (QED) is 0.779. The minimum absolute atomic E-state index is 0.0573. The summed E-state index contributed by atoms with van der Waals surface area (Å²) in [7, 11) is 0. The molecule has 2 amide bonds. The van der Waals surface area contributed by atoms with Crippen molar-refractivity contribution in [2.24, 2.45) is 0 Å². The highest BCUT2D eigenvalue weighted by atomic mass is 35.5. The third-order valence-corrected chi connectivity index (χ3v) is 3.98. The molecule has 21 heavy (non-hydrogen) atoms. The number of anilines is 1.